The molecule has 2 rings (SSSR count). The zero-order valence-corrected chi connectivity index (χ0v) is 11.0. The third-order valence-electron chi connectivity index (χ3n) is 2.57. The largest absolute Gasteiger partial charge is 0.349 e. The zero-order chi connectivity index (χ0) is 11.4. The first-order valence-corrected chi connectivity index (χ1v) is 6.40. The first kappa shape index (κ1) is 11.6. The van der Waals surface area contributed by atoms with E-state index < -0.39 is 0 Å². The standard InChI is InChI=1S/C12H13IN2O/c13-10-6-9(7-14-8-10)12(16)15-11-4-2-1-3-5-11/h1-2,6-8,11H,3-5H2,(H,15,16). The van der Waals surface area contributed by atoms with Crippen LogP contribution in [0.2, 0.25) is 0 Å². The number of hydrogen-bond acceptors (Lipinski definition) is 2. The van der Waals surface area contributed by atoms with Crippen molar-refractivity contribution >= 4 is 28.5 Å². The monoisotopic (exact) mass is 328 g/mol. The van der Waals surface area contributed by atoms with Crippen LogP contribution in [-0.2, 0) is 0 Å². The molecule has 1 aromatic heterocycles. The lowest BCUT2D eigenvalue weighted by molar-refractivity contribution is 0.0934. The minimum Gasteiger partial charge on any atom is -0.349 e. The zero-order valence-electron chi connectivity index (χ0n) is 8.82. The van der Waals surface area contributed by atoms with E-state index in [1.807, 2.05) is 6.07 Å². The van der Waals surface area contributed by atoms with Crippen LogP contribution in [0, 0.1) is 3.57 Å². The minimum absolute atomic E-state index is 0.0219. The fourth-order valence-electron chi connectivity index (χ4n) is 1.73. The lowest BCUT2D eigenvalue weighted by atomic mass is 10.0. The normalized spacial score (nSPS) is 19.4. The fourth-order valence-corrected chi connectivity index (χ4v) is 2.23. The molecule has 0 saturated heterocycles. The molecule has 0 aromatic carbocycles. The molecule has 1 aliphatic rings. The third-order valence-corrected chi connectivity index (χ3v) is 3.16. The van der Waals surface area contributed by atoms with Gasteiger partial charge in [-0.2, -0.15) is 0 Å². The van der Waals surface area contributed by atoms with E-state index in [4.69, 9.17) is 0 Å². The number of carbonyl (C=O) groups excluding carboxylic acids is 1. The van der Waals surface area contributed by atoms with Gasteiger partial charge in [-0.05, 0) is 47.9 Å². The molecule has 0 spiro atoms. The van der Waals surface area contributed by atoms with Crippen molar-refractivity contribution in [3.05, 3.63) is 39.7 Å². The number of hydrogen-bond donors (Lipinski definition) is 1. The van der Waals surface area contributed by atoms with Gasteiger partial charge < -0.3 is 5.32 Å². The lowest BCUT2D eigenvalue weighted by Crippen LogP contribution is -2.35. The number of nitrogens with zero attached hydrogens (tertiary/aromatic N) is 1. The highest BCUT2D eigenvalue weighted by Gasteiger charge is 2.14. The van der Waals surface area contributed by atoms with Gasteiger partial charge in [0, 0.05) is 22.0 Å². The Morgan fingerprint density at radius 3 is 3.00 bits per heavy atom. The molecule has 0 aliphatic heterocycles. The molecule has 0 fully saturated rings. The summed E-state index contributed by atoms with van der Waals surface area (Å²) < 4.78 is 0.980. The van der Waals surface area contributed by atoms with Gasteiger partial charge >= 0.3 is 0 Å². The number of aromatic nitrogens is 1. The molecule has 1 aromatic rings. The van der Waals surface area contributed by atoms with Crippen LogP contribution in [0.1, 0.15) is 29.6 Å². The van der Waals surface area contributed by atoms with E-state index in [9.17, 15) is 4.79 Å². The van der Waals surface area contributed by atoms with Gasteiger partial charge in [0.15, 0.2) is 0 Å². The molecule has 1 atom stereocenters. The second-order valence-electron chi connectivity index (χ2n) is 3.85. The summed E-state index contributed by atoms with van der Waals surface area (Å²) in [7, 11) is 0. The second-order valence-corrected chi connectivity index (χ2v) is 5.09. The topological polar surface area (TPSA) is 42.0 Å². The van der Waals surface area contributed by atoms with Gasteiger partial charge in [0.25, 0.3) is 5.91 Å². The molecule has 0 radical (unpaired) electrons. The van der Waals surface area contributed by atoms with Crippen LogP contribution in [0.5, 0.6) is 0 Å². The smallest absolute Gasteiger partial charge is 0.253 e. The Kier molecular flexibility index (Phi) is 3.93. The summed E-state index contributed by atoms with van der Waals surface area (Å²) in [6.45, 7) is 0. The van der Waals surface area contributed by atoms with Gasteiger partial charge in [-0.15, -0.1) is 0 Å². The molecule has 0 saturated carbocycles. The van der Waals surface area contributed by atoms with Crippen molar-refractivity contribution in [2.45, 2.75) is 25.3 Å². The quantitative estimate of drug-likeness (QED) is 0.670. The Morgan fingerprint density at radius 2 is 2.31 bits per heavy atom. The van der Waals surface area contributed by atoms with E-state index >= 15 is 0 Å². The summed E-state index contributed by atoms with van der Waals surface area (Å²) in [6, 6.07) is 2.12. The van der Waals surface area contributed by atoms with E-state index in [2.05, 4.69) is 45.0 Å². The van der Waals surface area contributed by atoms with Crippen LogP contribution in [0.15, 0.2) is 30.6 Å². The summed E-state index contributed by atoms with van der Waals surface area (Å²) in [6.07, 6.45) is 10.6. The maximum Gasteiger partial charge on any atom is 0.253 e. The van der Waals surface area contributed by atoms with Crippen molar-refractivity contribution in [3.8, 4) is 0 Å². The van der Waals surface area contributed by atoms with E-state index in [1.54, 1.807) is 12.4 Å². The van der Waals surface area contributed by atoms with Crippen LogP contribution in [0.4, 0.5) is 0 Å². The SMILES string of the molecule is O=C(NC1CC=CCC1)c1cncc(I)c1. The maximum absolute atomic E-state index is 11.9. The Balaban J connectivity index is 2.00. The Hall–Kier alpha value is -0.910. The summed E-state index contributed by atoms with van der Waals surface area (Å²) >= 11 is 2.16. The number of nitrogens with one attached hydrogen (secondary N) is 1. The van der Waals surface area contributed by atoms with E-state index in [0.29, 0.717) is 5.56 Å². The summed E-state index contributed by atoms with van der Waals surface area (Å²) in [5.41, 5.74) is 0.640. The Morgan fingerprint density at radius 1 is 1.44 bits per heavy atom. The first-order chi connectivity index (χ1) is 7.75. The van der Waals surface area contributed by atoms with Gasteiger partial charge in [0.2, 0.25) is 0 Å². The summed E-state index contributed by atoms with van der Waals surface area (Å²) in [4.78, 5) is 15.9. The summed E-state index contributed by atoms with van der Waals surface area (Å²) in [5, 5.41) is 3.03. The van der Waals surface area contributed by atoms with Crippen LogP contribution in [0.3, 0.4) is 0 Å². The predicted octanol–water partition coefficient (Wildman–Crippen LogP) is 2.52. The van der Waals surface area contributed by atoms with E-state index in [1.165, 1.54) is 0 Å². The third kappa shape index (κ3) is 3.04. The molecule has 1 unspecified atom stereocenters. The average Bonchev–Trinajstić information content (AvgIpc) is 2.30. The number of halogens is 1. The number of carbonyl (C=O) groups is 1. The molecular formula is C12H13IN2O. The van der Waals surface area contributed by atoms with Gasteiger partial charge in [0.1, 0.15) is 0 Å². The van der Waals surface area contributed by atoms with Crippen molar-refractivity contribution in [2.75, 3.05) is 0 Å². The van der Waals surface area contributed by atoms with Crippen molar-refractivity contribution in [1.82, 2.24) is 10.3 Å². The molecule has 4 heteroatoms. The van der Waals surface area contributed by atoms with Crippen LogP contribution in [-0.4, -0.2) is 16.9 Å². The van der Waals surface area contributed by atoms with Crippen molar-refractivity contribution in [1.29, 1.82) is 0 Å². The molecule has 16 heavy (non-hydrogen) atoms. The summed E-state index contributed by atoms with van der Waals surface area (Å²) in [5.74, 6) is -0.0219. The molecule has 84 valence electrons. The number of pyridine rings is 1. The fraction of sp³-hybridized carbons (Fsp3) is 0.333. The van der Waals surface area contributed by atoms with E-state index in [0.717, 1.165) is 22.8 Å². The van der Waals surface area contributed by atoms with Crippen molar-refractivity contribution in [3.63, 3.8) is 0 Å². The average molecular weight is 328 g/mol. The highest BCUT2D eigenvalue weighted by molar-refractivity contribution is 14.1. The predicted molar refractivity (Wildman–Crippen MR) is 71.2 cm³/mol. The first-order valence-electron chi connectivity index (χ1n) is 5.32. The van der Waals surface area contributed by atoms with Crippen LogP contribution >= 0.6 is 22.6 Å². The molecule has 1 heterocycles. The number of allylic oxidation sites excluding steroid dienone is 1. The lowest BCUT2D eigenvalue weighted by Gasteiger charge is -2.19. The molecule has 1 N–H and O–H groups in total. The highest BCUT2D eigenvalue weighted by atomic mass is 127. The van der Waals surface area contributed by atoms with Crippen molar-refractivity contribution in [2.24, 2.45) is 0 Å². The van der Waals surface area contributed by atoms with Gasteiger partial charge in [-0.1, -0.05) is 12.2 Å². The van der Waals surface area contributed by atoms with Crippen molar-refractivity contribution < 1.29 is 4.79 Å². The Bertz CT molecular complexity index is 417. The second kappa shape index (κ2) is 5.43. The van der Waals surface area contributed by atoms with Gasteiger partial charge in [0.05, 0.1) is 5.56 Å². The molecule has 3 nitrogen and oxygen atoms in total. The molecule has 1 aliphatic carbocycles. The molecule has 1 amide bonds. The number of amides is 1. The maximum atomic E-state index is 11.9. The molecule has 0 bridgehead atoms. The van der Waals surface area contributed by atoms with Crippen LogP contribution < -0.4 is 5.32 Å². The van der Waals surface area contributed by atoms with Gasteiger partial charge in [-0.25, -0.2) is 0 Å². The highest BCUT2D eigenvalue weighted by Crippen LogP contribution is 2.12. The minimum atomic E-state index is -0.0219. The van der Waals surface area contributed by atoms with E-state index in [-0.39, 0.29) is 11.9 Å². The number of rotatable bonds is 2. The van der Waals surface area contributed by atoms with Gasteiger partial charge in [-0.3, -0.25) is 9.78 Å². The molecular weight excluding hydrogens is 315 g/mol. The van der Waals surface area contributed by atoms with Crippen LogP contribution in [0.25, 0.3) is 0 Å². The Labute approximate surface area is 108 Å².